The lowest BCUT2D eigenvalue weighted by Crippen LogP contribution is -2.26. The van der Waals surface area contributed by atoms with Gasteiger partial charge < -0.3 is 14.8 Å². The van der Waals surface area contributed by atoms with E-state index in [1.165, 1.54) is 11.1 Å². The molecule has 0 aromatic carbocycles. The third kappa shape index (κ3) is 5.26. The molecule has 1 aromatic heterocycles. The van der Waals surface area contributed by atoms with Crippen molar-refractivity contribution in [2.45, 2.75) is 19.9 Å². The summed E-state index contributed by atoms with van der Waals surface area (Å²) in [5.41, 5.74) is 2.34. The standard InChI is InChI=1S/C13H22N2O2/c1-4-15-13(10-17-6-5-16-3)12-7-11(2)8-14-9-12/h7-9,13,15H,4-6,10H2,1-3H3. The summed E-state index contributed by atoms with van der Waals surface area (Å²) in [6, 6.07) is 2.34. The molecule has 0 aliphatic rings. The van der Waals surface area contributed by atoms with Crippen LogP contribution in [0.15, 0.2) is 18.5 Å². The minimum Gasteiger partial charge on any atom is -0.382 e. The van der Waals surface area contributed by atoms with Crippen LogP contribution in [0, 0.1) is 6.92 Å². The van der Waals surface area contributed by atoms with Gasteiger partial charge in [-0.1, -0.05) is 13.0 Å². The molecule has 1 N–H and O–H groups in total. The number of pyridine rings is 1. The second-order valence-corrected chi connectivity index (χ2v) is 3.97. The lowest BCUT2D eigenvalue weighted by molar-refractivity contribution is 0.0587. The molecular weight excluding hydrogens is 216 g/mol. The van der Waals surface area contributed by atoms with E-state index in [0.717, 1.165) is 6.54 Å². The highest BCUT2D eigenvalue weighted by Gasteiger charge is 2.10. The smallest absolute Gasteiger partial charge is 0.0701 e. The zero-order valence-electron chi connectivity index (χ0n) is 10.9. The number of nitrogens with zero attached hydrogens (tertiary/aromatic N) is 1. The molecule has 0 radical (unpaired) electrons. The first-order chi connectivity index (χ1) is 8.27. The molecule has 1 atom stereocenters. The maximum Gasteiger partial charge on any atom is 0.0701 e. The van der Waals surface area contributed by atoms with Gasteiger partial charge in [0, 0.05) is 19.5 Å². The summed E-state index contributed by atoms with van der Waals surface area (Å²) in [5.74, 6) is 0. The van der Waals surface area contributed by atoms with E-state index in [2.05, 4.69) is 23.3 Å². The predicted octanol–water partition coefficient (Wildman–Crippen LogP) is 1.70. The molecule has 4 nitrogen and oxygen atoms in total. The van der Waals surface area contributed by atoms with Gasteiger partial charge in [-0.2, -0.15) is 0 Å². The van der Waals surface area contributed by atoms with Crippen molar-refractivity contribution >= 4 is 0 Å². The summed E-state index contributed by atoms with van der Waals surface area (Å²) in [4.78, 5) is 4.21. The molecule has 0 fully saturated rings. The average molecular weight is 238 g/mol. The third-order valence-corrected chi connectivity index (χ3v) is 2.47. The molecule has 0 spiro atoms. The quantitative estimate of drug-likeness (QED) is 0.700. The largest absolute Gasteiger partial charge is 0.382 e. The summed E-state index contributed by atoms with van der Waals surface area (Å²) < 4.78 is 10.5. The van der Waals surface area contributed by atoms with Gasteiger partial charge in [-0.15, -0.1) is 0 Å². The van der Waals surface area contributed by atoms with E-state index in [9.17, 15) is 0 Å². The van der Waals surface area contributed by atoms with Crippen molar-refractivity contribution < 1.29 is 9.47 Å². The molecule has 0 aliphatic carbocycles. The average Bonchev–Trinajstić information content (AvgIpc) is 2.33. The first kappa shape index (κ1) is 14.1. The highest BCUT2D eigenvalue weighted by Crippen LogP contribution is 2.13. The number of likely N-dealkylation sites (N-methyl/N-ethyl adjacent to an activating group) is 1. The van der Waals surface area contributed by atoms with E-state index < -0.39 is 0 Å². The van der Waals surface area contributed by atoms with Gasteiger partial charge in [0.2, 0.25) is 0 Å². The van der Waals surface area contributed by atoms with Crippen molar-refractivity contribution in [2.24, 2.45) is 0 Å². The third-order valence-electron chi connectivity index (χ3n) is 2.47. The fourth-order valence-corrected chi connectivity index (χ4v) is 1.63. The first-order valence-corrected chi connectivity index (χ1v) is 5.99. The molecule has 1 aromatic rings. The molecule has 0 saturated heterocycles. The van der Waals surface area contributed by atoms with Crippen LogP contribution in [0.1, 0.15) is 24.1 Å². The number of methoxy groups -OCH3 is 1. The van der Waals surface area contributed by atoms with Gasteiger partial charge in [0.05, 0.1) is 25.9 Å². The van der Waals surface area contributed by atoms with Crippen LogP contribution in [-0.4, -0.2) is 38.5 Å². The fourth-order valence-electron chi connectivity index (χ4n) is 1.63. The molecule has 4 heteroatoms. The molecule has 0 amide bonds. The van der Waals surface area contributed by atoms with E-state index in [4.69, 9.17) is 9.47 Å². The highest BCUT2D eigenvalue weighted by molar-refractivity contribution is 5.20. The van der Waals surface area contributed by atoms with Crippen LogP contribution >= 0.6 is 0 Å². The van der Waals surface area contributed by atoms with E-state index >= 15 is 0 Å². The van der Waals surface area contributed by atoms with Crippen molar-refractivity contribution in [2.75, 3.05) is 33.5 Å². The summed E-state index contributed by atoms with van der Waals surface area (Å²) in [6.45, 7) is 6.94. The van der Waals surface area contributed by atoms with Crippen LogP contribution in [0.3, 0.4) is 0 Å². The zero-order valence-corrected chi connectivity index (χ0v) is 10.9. The second-order valence-electron chi connectivity index (χ2n) is 3.97. The number of aromatic nitrogens is 1. The maximum atomic E-state index is 5.57. The molecule has 0 aliphatic heterocycles. The number of rotatable bonds is 8. The number of ether oxygens (including phenoxy) is 2. The Kier molecular flexibility index (Phi) is 6.77. The maximum absolute atomic E-state index is 5.57. The van der Waals surface area contributed by atoms with Crippen LogP contribution in [0.4, 0.5) is 0 Å². The Balaban J connectivity index is 2.52. The molecule has 1 rings (SSSR count). The fraction of sp³-hybridized carbons (Fsp3) is 0.615. The predicted molar refractivity (Wildman–Crippen MR) is 68.1 cm³/mol. The van der Waals surface area contributed by atoms with Crippen LogP contribution < -0.4 is 5.32 Å². The van der Waals surface area contributed by atoms with Gasteiger partial charge in [0.25, 0.3) is 0 Å². The zero-order chi connectivity index (χ0) is 12.5. The Bertz CT molecular complexity index is 318. The van der Waals surface area contributed by atoms with Gasteiger partial charge in [-0.05, 0) is 24.6 Å². The second kappa shape index (κ2) is 8.17. The van der Waals surface area contributed by atoms with Crippen molar-refractivity contribution in [3.8, 4) is 0 Å². The lowest BCUT2D eigenvalue weighted by Gasteiger charge is -2.18. The highest BCUT2D eigenvalue weighted by atomic mass is 16.5. The number of aryl methyl sites for hydroxylation is 1. The van der Waals surface area contributed by atoms with Crippen LogP contribution in [0.2, 0.25) is 0 Å². The van der Waals surface area contributed by atoms with E-state index in [0.29, 0.717) is 19.8 Å². The summed E-state index contributed by atoms with van der Waals surface area (Å²) in [6.07, 6.45) is 3.75. The van der Waals surface area contributed by atoms with Crippen LogP contribution in [0.25, 0.3) is 0 Å². The van der Waals surface area contributed by atoms with E-state index in [1.54, 1.807) is 7.11 Å². The van der Waals surface area contributed by atoms with Crippen molar-refractivity contribution in [1.29, 1.82) is 0 Å². The summed E-state index contributed by atoms with van der Waals surface area (Å²) in [7, 11) is 1.68. The van der Waals surface area contributed by atoms with E-state index in [1.807, 2.05) is 19.3 Å². The van der Waals surface area contributed by atoms with Crippen molar-refractivity contribution in [3.05, 3.63) is 29.6 Å². The molecule has 96 valence electrons. The molecule has 1 heterocycles. The number of hydrogen-bond donors (Lipinski definition) is 1. The molecule has 17 heavy (non-hydrogen) atoms. The van der Waals surface area contributed by atoms with Gasteiger partial charge >= 0.3 is 0 Å². The minimum absolute atomic E-state index is 0.198. The Morgan fingerprint density at radius 2 is 2.18 bits per heavy atom. The first-order valence-electron chi connectivity index (χ1n) is 5.99. The SMILES string of the molecule is CCNC(COCCOC)c1cncc(C)c1. The molecule has 0 saturated carbocycles. The van der Waals surface area contributed by atoms with Gasteiger partial charge in [-0.25, -0.2) is 0 Å². The Hall–Kier alpha value is -0.970. The molecule has 1 unspecified atom stereocenters. The monoisotopic (exact) mass is 238 g/mol. The van der Waals surface area contributed by atoms with Gasteiger partial charge in [0.15, 0.2) is 0 Å². The van der Waals surface area contributed by atoms with Gasteiger partial charge in [-0.3, -0.25) is 4.98 Å². The Morgan fingerprint density at radius 1 is 1.35 bits per heavy atom. The Labute approximate surface area is 103 Å². The minimum atomic E-state index is 0.198. The lowest BCUT2D eigenvalue weighted by atomic mass is 10.1. The normalized spacial score (nSPS) is 12.6. The number of hydrogen-bond acceptors (Lipinski definition) is 4. The Morgan fingerprint density at radius 3 is 2.82 bits per heavy atom. The van der Waals surface area contributed by atoms with Gasteiger partial charge in [0.1, 0.15) is 0 Å². The van der Waals surface area contributed by atoms with E-state index in [-0.39, 0.29) is 6.04 Å². The summed E-state index contributed by atoms with van der Waals surface area (Å²) >= 11 is 0. The van der Waals surface area contributed by atoms with Crippen LogP contribution in [-0.2, 0) is 9.47 Å². The summed E-state index contributed by atoms with van der Waals surface area (Å²) in [5, 5.41) is 3.40. The molecule has 0 bridgehead atoms. The van der Waals surface area contributed by atoms with Crippen molar-refractivity contribution in [3.63, 3.8) is 0 Å². The molecular formula is C13H22N2O2. The van der Waals surface area contributed by atoms with Crippen LogP contribution in [0.5, 0.6) is 0 Å². The number of nitrogens with one attached hydrogen (secondary N) is 1. The van der Waals surface area contributed by atoms with Crippen molar-refractivity contribution in [1.82, 2.24) is 10.3 Å². The topological polar surface area (TPSA) is 43.4 Å².